The molecule has 0 N–H and O–H groups in total. The molecule has 3 aliphatic rings. The van der Waals surface area contributed by atoms with Gasteiger partial charge in [0.05, 0.1) is 33.8 Å². The van der Waals surface area contributed by atoms with E-state index in [1.165, 1.54) is 11.8 Å². The van der Waals surface area contributed by atoms with Crippen molar-refractivity contribution in [2.24, 2.45) is 0 Å². The summed E-state index contributed by atoms with van der Waals surface area (Å²) in [7, 11) is 0. The Bertz CT molecular complexity index is 3150. The maximum absolute atomic E-state index is 16.8. The van der Waals surface area contributed by atoms with E-state index in [-0.39, 0.29) is 27.6 Å². The summed E-state index contributed by atoms with van der Waals surface area (Å²) in [6, 6.07) is 49.5. The minimum atomic E-state index is -4.98. The number of hydrogen-bond donors (Lipinski definition) is 0. The maximum Gasteiger partial charge on any atom is 0.418 e. The maximum atomic E-state index is 16.8. The van der Waals surface area contributed by atoms with Crippen LogP contribution in [-0.4, -0.2) is 0 Å². The van der Waals surface area contributed by atoms with Gasteiger partial charge in [-0.15, -0.1) is 0 Å². The number of fused-ring (bicyclic) bond motifs is 8. The lowest BCUT2D eigenvalue weighted by molar-refractivity contribution is -0.138. The highest BCUT2D eigenvalue weighted by Gasteiger charge is 2.70. The highest BCUT2D eigenvalue weighted by atomic mass is 32.2. The molecule has 1 spiro atoms. The minimum Gasteiger partial charge on any atom is -0.306 e. The van der Waals surface area contributed by atoms with Gasteiger partial charge in [0.25, 0.3) is 0 Å². The van der Waals surface area contributed by atoms with E-state index in [1.807, 2.05) is 113 Å². The van der Waals surface area contributed by atoms with E-state index in [0.717, 1.165) is 65.4 Å². The van der Waals surface area contributed by atoms with Gasteiger partial charge >= 0.3 is 6.18 Å². The molecule has 1 aliphatic heterocycles. The first-order valence-electron chi connectivity index (χ1n) is 22.9. The second-order valence-corrected chi connectivity index (χ2v) is 22.6. The van der Waals surface area contributed by atoms with E-state index in [9.17, 15) is 10.5 Å². The zero-order valence-electron chi connectivity index (χ0n) is 39.6. The molecule has 2 aliphatic carbocycles. The van der Waals surface area contributed by atoms with Crippen molar-refractivity contribution in [2.75, 3.05) is 4.90 Å². The molecule has 7 aromatic rings. The van der Waals surface area contributed by atoms with Crippen molar-refractivity contribution in [2.45, 2.75) is 112 Å². The average molecular weight is 904 g/mol. The molecule has 0 aromatic heterocycles. The third-order valence-corrected chi connectivity index (χ3v) is 16.1. The lowest BCUT2D eigenvalue weighted by Gasteiger charge is -2.50. The van der Waals surface area contributed by atoms with Gasteiger partial charge < -0.3 is 4.90 Å². The molecule has 0 amide bonds. The Balaban J connectivity index is 1.34. The van der Waals surface area contributed by atoms with Crippen LogP contribution in [0.5, 0.6) is 0 Å². The number of alkyl halides is 3. The zero-order valence-corrected chi connectivity index (χ0v) is 40.4. The SMILES string of the molecule is CC(C)(C)c1ccc2c(c1)C1(c3cc(C(C)(C)C)ccc3-2)C(C)(C)c2c(C#N)c(N3c4ccc(-c5ccccc5)cc4Sc4cc(-c5ccccc5)ccc43)c(C#N)c(C(F)(F)F)c2C1(C)C. The molecule has 0 atom stereocenters. The minimum absolute atomic E-state index is 0.00801. The number of benzene rings is 7. The lowest BCUT2D eigenvalue weighted by Crippen LogP contribution is -2.51. The predicted molar refractivity (Wildman–Crippen MR) is 267 cm³/mol. The van der Waals surface area contributed by atoms with Crippen LogP contribution in [-0.2, 0) is 33.3 Å². The highest BCUT2D eigenvalue weighted by molar-refractivity contribution is 7.99. The fourth-order valence-electron chi connectivity index (χ4n) is 12.1. The summed E-state index contributed by atoms with van der Waals surface area (Å²) in [4.78, 5) is 3.36. The molecule has 1 heterocycles. The van der Waals surface area contributed by atoms with Gasteiger partial charge in [-0.25, -0.2) is 0 Å². The zero-order chi connectivity index (χ0) is 47.8. The van der Waals surface area contributed by atoms with Crippen molar-refractivity contribution < 1.29 is 13.2 Å². The summed E-state index contributed by atoms with van der Waals surface area (Å²) in [5.41, 5.74) is 5.72. The summed E-state index contributed by atoms with van der Waals surface area (Å²) in [6.07, 6.45) is -4.98. The first-order chi connectivity index (χ1) is 31.6. The second kappa shape index (κ2) is 14.7. The van der Waals surface area contributed by atoms with Crippen LogP contribution in [0.3, 0.4) is 0 Å². The molecular formula is C60H52F3N3S. The van der Waals surface area contributed by atoms with Gasteiger partial charge in [-0.05, 0) is 102 Å². The molecule has 3 nitrogen and oxygen atoms in total. The van der Waals surface area contributed by atoms with Crippen LogP contribution < -0.4 is 4.90 Å². The van der Waals surface area contributed by atoms with Gasteiger partial charge in [0.1, 0.15) is 12.1 Å². The lowest BCUT2D eigenvalue weighted by atomic mass is 9.51. The Kier molecular flexibility index (Phi) is 9.74. The van der Waals surface area contributed by atoms with Crippen molar-refractivity contribution in [3.63, 3.8) is 0 Å². The van der Waals surface area contributed by atoms with Gasteiger partial charge in [0, 0.05) is 26.0 Å². The Morgan fingerprint density at radius 2 is 0.940 bits per heavy atom. The largest absolute Gasteiger partial charge is 0.418 e. The van der Waals surface area contributed by atoms with Crippen LogP contribution in [0.25, 0.3) is 33.4 Å². The quantitative estimate of drug-likeness (QED) is 0.177. The van der Waals surface area contributed by atoms with E-state index in [1.54, 1.807) is 4.90 Å². The molecule has 0 radical (unpaired) electrons. The monoisotopic (exact) mass is 903 g/mol. The second-order valence-electron chi connectivity index (χ2n) is 21.5. The smallest absolute Gasteiger partial charge is 0.306 e. The number of nitrogens with zero attached hydrogens (tertiary/aromatic N) is 3. The molecule has 0 unspecified atom stereocenters. The summed E-state index contributed by atoms with van der Waals surface area (Å²) < 4.78 is 50.4. The van der Waals surface area contributed by atoms with Gasteiger partial charge in [-0.1, -0.05) is 190 Å². The molecule has 7 heteroatoms. The van der Waals surface area contributed by atoms with Gasteiger partial charge in [0.15, 0.2) is 0 Å². The third-order valence-electron chi connectivity index (χ3n) is 15.0. The number of rotatable bonds is 3. The topological polar surface area (TPSA) is 50.8 Å². The van der Waals surface area contributed by atoms with Crippen LogP contribution in [0.4, 0.5) is 30.2 Å². The van der Waals surface area contributed by atoms with Crippen LogP contribution >= 0.6 is 11.8 Å². The Labute approximate surface area is 396 Å². The van der Waals surface area contributed by atoms with Crippen LogP contribution in [0.15, 0.2) is 143 Å². The number of nitriles is 2. The van der Waals surface area contributed by atoms with E-state index in [0.29, 0.717) is 16.9 Å². The summed E-state index contributed by atoms with van der Waals surface area (Å²) in [5.74, 6) is 0. The number of halogens is 3. The summed E-state index contributed by atoms with van der Waals surface area (Å²) in [6.45, 7) is 20.8. The number of anilines is 3. The first-order valence-corrected chi connectivity index (χ1v) is 23.7. The number of hydrogen-bond acceptors (Lipinski definition) is 4. The van der Waals surface area contributed by atoms with Crippen LogP contribution in [0, 0.1) is 22.7 Å². The molecule has 0 saturated carbocycles. The van der Waals surface area contributed by atoms with E-state index in [2.05, 4.69) is 102 Å². The molecule has 0 fully saturated rings. The molecule has 334 valence electrons. The fraction of sp³-hybridized carbons (Fsp3) is 0.267. The molecule has 7 aromatic carbocycles. The molecule has 10 rings (SSSR count). The van der Waals surface area contributed by atoms with E-state index >= 15 is 13.2 Å². The van der Waals surface area contributed by atoms with E-state index < -0.39 is 33.5 Å². The fourth-order valence-corrected chi connectivity index (χ4v) is 13.3. The standard InChI is InChI=1S/C60H52F3N3S/c1-55(2,3)39-23-25-41-42-26-24-40(56(4,5)6)32-46(42)59(45(41)31-39)57(7,8)51-43(33-64)54(44(34-65)52(60(61,62)63)53(51)58(59,9)10)66-47-27-21-37(35-17-13-11-14-18-35)29-49(47)67-50-30-38(22-28-48(50)66)36-19-15-12-16-20-36/h11-32H,1-10H3. The molecule has 0 saturated heterocycles. The third kappa shape index (κ3) is 6.23. The van der Waals surface area contributed by atoms with Crippen LogP contribution in [0.1, 0.15) is 119 Å². The Morgan fingerprint density at radius 3 is 1.34 bits per heavy atom. The van der Waals surface area contributed by atoms with Crippen molar-refractivity contribution in [1.29, 1.82) is 10.5 Å². The van der Waals surface area contributed by atoms with Crippen molar-refractivity contribution in [3.8, 4) is 45.5 Å². The van der Waals surface area contributed by atoms with Crippen molar-refractivity contribution in [1.82, 2.24) is 0 Å². The predicted octanol–water partition coefficient (Wildman–Crippen LogP) is 16.8. The molecule has 0 bridgehead atoms. The summed E-state index contributed by atoms with van der Waals surface area (Å²) in [5, 5.41) is 23.3. The van der Waals surface area contributed by atoms with Gasteiger partial charge in [-0.2, -0.15) is 23.7 Å². The van der Waals surface area contributed by atoms with Crippen molar-refractivity contribution in [3.05, 3.63) is 184 Å². The normalized spacial score (nSPS) is 16.1. The molecular weight excluding hydrogens is 852 g/mol. The van der Waals surface area contributed by atoms with Gasteiger partial charge in [-0.3, -0.25) is 0 Å². The Morgan fingerprint density at radius 1 is 0.507 bits per heavy atom. The first kappa shape index (κ1) is 44.3. The van der Waals surface area contributed by atoms with E-state index in [4.69, 9.17) is 0 Å². The van der Waals surface area contributed by atoms with Gasteiger partial charge in [0.2, 0.25) is 0 Å². The van der Waals surface area contributed by atoms with Crippen LogP contribution in [0.2, 0.25) is 0 Å². The summed E-state index contributed by atoms with van der Waals surface area (Å²) >= 11 is 1.54. The Hall–Kier alpha value is -6.54. The highest BCUT2D eigenvalue weighted by Crippen LogP contribution is 2.73. The molecule has 67 heavy (non-hydrogen) atoms. The average Bonchev–Trinajstić information content (AvgIpc) is 3.67. The van der Waals surface area contributed by atoms with Crippen molar-refractivity contribution >= 4 is 28.8 Å².